The Balaban J connectivity index is 2.48. The molecule has 0 amide bonds. The highest BCUT2D eigenvalue weighted by molar-refractivity contribution is 5.40. The Morgan fingerprint density at radius 1 is 1.56 bits per heavy atom. The molecule has 0 unspecified atom stereocenters. The Hall–Kier alpha value is -0.920. The van der Waals surface area contributed by atoms with Gasteiger partial charge in [-0.25, -0.2) is 0 Å². The summed E-state index contributed by atoms with van der Waals surface area (Å²) in [6.07, 6.45) is 3.85. The average Bonchev–Trinajstić information content (AvgIpc) is 2.15. The molecule has 1 heterocycles. The molecular weight excluding hydrogens is 112 g/mol. The number of hydrogen-bond acceptors (Lipinski definition) is 1. The van der Waals surface area contributed by atoms with Crippen molar-refractivity contribution in [3.8, 4) is 0 Å². The first-order valence-corrected chi connectivity index (χ1v) is 3.18. The molecule has 50 valence electrons. The van der Waals surface area contributed by atoms with E-state index in [1.807, 2.05) is 18.5 Å². The maximum absolute atomic E-state index is 3.25. The molecule has 0 bridgehead atoms. The molecule has 0 saturated carbocycles. The second kappa shape index (κ2) is 2.58. The lowest BCUT2D eigenvalue weighted by Crippen LogP contribution is -2.08. The van der Waals surface area contributed by atoms with E-state index in [-0.39, 0.29) is 0 Å². The molecule has 0 aliphatic rings. The topological polar surface area (TPSA) is 27.8 Å². The maximum atomic E-state index is 3.25. The largest absolute Gasteiger partial charge is 0.382 e. The van der Waals surface area contributed by atoms with Crippen LogP contribution < -0.4 is 5.32 Å². The summed E-state index contributed by atoms with van der Waals surface area (Å²) < 4.78 is 0. The van der Waals surface area contributed by atoms with Gasteiger partial charge < -0.3 is 10.3 Å². The molecule has 0 atom stereocenters. The number of aromatic amines is 1. The van der Waals surface area contributed by atoms with E-state index >= 15 is 0 Å². The highest BCUT2D eigenvalue weighted by Gasteiger charge is 1.91. The Kier molecular flexibility index (Phi) is 1.78. The molecule has 1 aromatic heterocycles. The maximum Gasteiger partial charge on any atom is 0.0519 e. The molecule has 1 aromatic rings. The van der Waals surface area contributed by atoms with Gasteiger partial charge in [-0.05, 0) is 19.9 Å². The molecule has 0 radical (unpaired) electrons. The zero-order valence-electron chi connectivity index (χ0n) is 5.81. The summed E-state index contributed by atoms with van der Waals surface area (Å²) in [5.74, 6) is 0. The van der Waals surface area contributed by atoms with Crippen molar-refractivity contribution < 1.29 is 0 Å². The molecule has 0 spiro atoms. The van der Waals surface area contributed by atoms with Crippen molar-refractivity contribution in [3.63, 3.8) is 0 Å². The third kappa shape index (κ3) is 1.80. The summed E-state index contributed by atoms with van der Waals surface area (Å²) in [4.78, 5) is 2.97. The second-order valence-electron chi connectivity index (χ2n) is 2.40. The Morgan fingerprint density at radius 2 is 2.33 bits per heavy atom. The van der Waals surface area contributed by atoms with Crippen molar-refractivity contribution in [2.75, 3.05) is 5.32 Å². The molecule has 1 rings (SSSR count). The molecule has 0 aliphatic heterocycles. The van der Waals surface area contributed by atoms with Crippen LogP contribution in [0.5, 0.6) is 0 Å². The van der Waals surface area contributed by atoms with Crippen LogP contribution in [-0.4, -0.2) is 11.0 Å². The van der Waals surface area contributed by atoms with Crippen LogP contribution >= 0.6 is 0 Å². The van der Waals surface area contributed by atoms with Crippen molar-refractivity contribution >= 4 is 5.69 Å². The Labute approximate surface area is 55.3 Å². The van der Waals surface area contributed by atoms with Crippen LogP contribution in [0.3, 0.4) is 0 Å². The van der Waals surface area contributed by atoms with Crippen molar-refractivity contribution in [2.45, 2.75) is 19.9 Å². The molecule has 2 nitrogen and oxygen atoms in total. The summed E-state index contributed by atoms with van der Waals surface area (Å²) in [5, 5.41) is 3.25. The summed E-state index contributed by atoms with van der Waals surface area (Å²) >= 11 is 0. The fourth-order valence-corrected chi connectivity index (χ4v) is 0.747. The molecule has 0 aliphatic carbocycles. The van der Waals surface area contributed by atoms with E-state index in [1.165, 1.54) is 0 Å². The zero-order valence-corrected chi connectivity index (χ0v) is 5.81. The van der Waals surface area contributed by atoms with Gasteiger partial charge in [-0.1, -0.05) is 0 Å². The summed E-state index contributed by atoms with van der Waals surface area (Å²) in [7, 11) is 0. The zero-order chi connectivity index (χ0) is 6.69. The van der Waals surface area contributed by atoms with E-state index in [1.54, 1.807) is 0 Å². The van der Waals surface area contributed by atoms with Gasteiger partial charge in [0.15, 0.2) is 0 Å². The number of H-pyrrole nitrogens is 1. The number of anilines is 1. The van der Waals surface area contributed by atoms with E-state index < -0.39 is 0 Å². The summed E-state index contributed by atoms with van der Waals surface area (Å²) in [6.45, 7) is 4.24. The van der Waals surface area contributed by atoms with Gasteiger partial charge in [0.25, 0.3) is 0 Å². The lowest BCUT2D eigenvalue weighted by Gasteiger charge is -2.05. The van der Waals surface area contributed by atoms with Crippen molar-refractivity contribution in [1.29, 1.82) is 0 Å². The normalized spacial score (nSPS) is 10.1. The lowest BCUT2D eigenvalue weighted by molar-refractivity contribution is 0.900. The SMILES string of the molecule is CC(C)Nc1cc[nH]c1. The van der Waals surface area contributed by atoms with Crippen LogP contribution in [-0.2, 0) is 0 Å². The third-order valence-corrected chi connectivity index (χ3v) is 1.05. The van der Waals surface area contributed by atoms with Crippen molar-refractivity contribution in [1.82, 2.24) is 4.98 Å². The van der Waals surface area contributed by atoms with Crippen molar-refractivity contribution in [2.24, 2.45) is 0 Å². The van der Waals surface area contributed by atoms with Crippen LogP contribution in [0.15, 0.2) is 18.5 Å². The minimum Gasteiger partial charge on any atom is -0.382 e. The van der Waals surface area contributed by atoms with Gasteiger partial charge in [-0.2, -0.15) is 0 Å². The molecule has 2 heteroatoms. The van der Waals surface area contributed by atoms with Crippen LogP contribution in [0.4, 0.5) is 5.69 Å². The standard InChI is InChI=1S/C7H12N2/c1-6(2)9-7-3-4-8-5-7/h3-6,8-9H,1-2H3. The van der Waals surface area contributed by atoms with Crippen LogP contribution in [0, 0.1) is 0 Å². The predicted octanol–water partition coefficient (Wildman–Crippen LogP) is 1.83. The molecule has 9 heavy (non-hydrogen) atoms. The first kappa shape index (κ1) is 6.20. The quantitative estimate of drug-likeness (QED) is 0.618. The number of rotatable bonds is 2. The monoisotopic (exact) mass is 124 g/mol. The smallest absolute Gasteiger partial charge is 0.0519 e. The van der Waals surface area contributed by atoms with Gasteiger partial charge in [-0.15, -0.1) is 0 Å². The van der Waals surface area contributed by atoms with E-state index in [0.29, 0.717) is 6.04 Å². The molecular formula is C7H12N2. The highest BCUT2D eigenvalue weighted by atomic mass is 14.9. The average molecular weight is 124 g/mol. The second-order valence-corrected chi connectivity index (χ2v) is 2.40. The minimum atomic E-state index is 0.515. The first-order valence-electron chi connectivity index (χ1n) is 3.18. The van der Waals surface area contributed by atoms with Crippen LogP contribution in [0.2, 0.25) is 0 Å². The molecule has 0 aromatic carbocycles. The van der Waals surface area contributed by atoms with E-state index in [0.717, 1.165) is 5.69 Å². The van der Waals surface area contributed by atoms with Gasteiger partial charge in [0.2, 0.25) is 0 Å². The Bertz CT molecular complexity index is 153. The highest BCUT2D eigenvalue weighted by Crippen LogP contribution is 2.04. The van der Waals surface area contributed by atoms with Gasteiger partial charge in [-0.3, -0.25) is 0 Å². The predicted molar refractivity (Wildman–Crippen MR) is 39.6 cm³/mol. The fourth-order valence-electron chi connectivity index (χ4n) is 0.747. The lowest BCUT2D eigenvalue weighted by atomic mass is 10.4. The number of nitrogens with one attached hydrogen (secondary N) is 2. The number of hydrogen-bond donors (Lipinski definition) is 2. The Morgan fingerprint density at radius 3 is 2.78 bits per heavy atom. The summed E-state index contributed by atoms with van der Waals surface area (Å²) in [5.41, 5.74) is 1.16. The summed E-state index contributed by atoms with van der Waals surface area (Å²) in [6, 6.07) is 2.53. The van der Waals surface area contributed by atoms with Gasteiger partial charge in [0, 0.05) is 18.4 Å². The van der Waals surface area contributed by atoms with E-state index in [9.17, 15) is 0 Å². The minimum absolute atomic E-state index is 0.515. The molecule has 0 fully saturated rings. The van der Waals surface area contributed by atoms with E-state index in [4.69, 9.17) is 0 Å². The van der Waals surface area contributed by atoms with Crippen molar-refractivity contribution in [3.05, 3.63) is 18.5 Å². The van der Waals surface area contributed by atoms with Crippen LogP contribution in [0.25, 0.3) is 0 Å². The molecule has 0 saturated heterocycles. The van der Waals surface area contributed by atoms with Crippen LogP contribution in [0.1, 0.15) is 13.8 Å². The van der Waals surface area contributed by atoms with Gasteiger partial charge in [0.05, 0.1) is 5.69 Å². The fraction of sp³-hybridized carbons (Fsp3) is 0.429. The third-order valence-electron chi connectivity index (χ3n) is 1.05. The van der Waals surface area contributed by atoms with E-state index in [2.05, 4.69) is 24.1 Å². The number of aromatic nitrogens is 1. The molecule has 2 N–H and O–H groups in total. The van der Waals surface area contributed by atoms with Gasteiger partial charge in [0.1, 0.15) is 0 Å². The first-order chi connectivity index (χ1) is 4.29. The van der Waals surface area contributed by atoms with Gasteiger partial charge >= 0.3 is 0 Å².